The summed E-state index contributed by atoms with van der Waals surface area (Å²) in [6.07, 6.45) is 0.618. The minimum Gasteiger partial charge on any atom is -0.481 e. The summed E-state index contributed by atoms with van der Waals surface area (Å²) in [6.45, 7) is 0.398. The smallest absolute Gasteiger partial charge is 0.407 e. The van der Waals surface area contributed by atoms with Crippen LogP contribution in [0.25, 0.3) is 11.1 Å². The number of alkyl carbamates (subject to hydrolysis) is 1. The summed E-state index contributed by atoms with van der Waals surface area (Å²) in [5.74, 6) is -1.48. The molecule has 0 aliphatic heterocycles. The van der Waals surface area contributed by atoms with Gasteiger partial charge in [0.05, 0.1) is 12.0 Å². The number of fused-ring (bicyclic) bond motifs is 3. The van der Waals surface area contributed by atoms with Crippen molar-refractivity contribution in [1.29, 1.82) is 0 Å². The maximum Gasteiger partial charge on any atom is 0.407 e. The molecule has 3 N–H and O–H groups in total. The molecule has 0 bridgehead atoms. The molecule has 33 heavy (non-hydrogen) atoms. The molecule has 2 aromatic rings. The third-order valence-electron chi connectivity index (χ3n) is 6.29. The SMILES string of the molecule is COCCC(NC(=O)OCC1c2ccccc2-c2ccccc21)C(=O)NC1(CC(=O)O)CC1. The van der Waals surface area contributed by atoms with Gasteiger partial charge < -0.3 is 25.2 Å². The van der Waals surface area contributed by atoms with Gasteiger partial charge in [-0.15, -0.1) is 0 Å². The molecule has 2 aromatic carbocycles. The van der Waals surface area contributed by atoms with E-state index in [0.717, 1.165) is 22.3 Å². The van der Waals surface area contributed by atoms with Crippen LogP contribution in [0.3, 0.4) is 0 Å². The zero-order chi connectivity index (χ0) is 23.4. The minimum absolute atomic E-state index is 0.0836. The average Bonchev–Trinajstić information content (AvgIpc) is 3.46. The van der Waals surface area contributed by atoms with Crippen LogP contribution in [-0.4, -0.2) is 55.0 Å². The Bertz CT molecular complexity index is 1000. The number of aliphatic carboxylic acids is 1. The molecule has 0 spiro atoms. The van der Waals surface area contributed by atoms with Crippen LogP contribution in [0.4, 0.5) is 4.79 Å². The molecular formula is C25H28N2O6. The number of benzene rings is 2. The molecule has 1 fully saturated rings. The maximum atomic E-state index is 12.8. The minimum atomic E-state index is -0.967. The van der Waals surface area contributed by atoms with Crippen molar-refractivity contribution >= 4 is 18.0 Å². The standard InChI is InChI=1S/C25H28N2O6/c1-32-13-10-21(23(30)27-25(11-12-25)14-22(28)29)26-24(31)33-15-20-18-8-4-2-6-16(18)17-7-3-5-9-19(17)20/h2-9,20-21H,10-15H2,1H3,(H,26,31)(H,27,30)(H,28,29). The highest BCUT2D eigenvalue weighted by Crippen LogP contribution is 2.44. The van der Waals surface area contributed by atoms with E-state index in [1.54, 1.807) is 0 Å². The second-order valence-electron chi connectivity index (χ2n) is 8.64. The summed E-state index contributed by atoms with van der Waals surface area (Å²) in [7, 11) is 1.51. The molecule has 174 valence electrons. The molecule has 1 unspecified atom stereocenters. The van der Waals surface area contributed by atoms with Crippen molar-refractivity contribution in [2.75, 3.05) is 20.3 Å². The Labute approximate surface area is 192 Å². The van der Waals surface area contributed by atoms with Crippen molar-refractivity contribution in [3.63, 3.8) is 0 Å². The van der Waals surface area contributed by atoms with E-state index >= 15 is 0 Å². The first-order valence-electron chi connectivity index (χ1n) is 11.1. The number of carbonyl (C=O) groups excluding carboxylic acids is 2. The highest BCUT2D eigenvalue weighted by molar-refractivity contribution is 5.87. The van der Waals surface area contributed by atoms with Gasteiger partial charge in [-0.05, 0) is 35.1 Å². The number of amides is 2. The molecule has 2 aliphatic rings. The second kappa shape index (κ2) is 9.62. The van der Waals surface area contributed by atoms with Gasteiger partial charge in [-0.2, -0.15) is 0 Å². The summed E-state index contributed by atoms with van der Waals surface area (Å²) >= 11 is 0. The Morgan fingerprint density at radius 2 is 1.67 bits per heavy atom. The number of hydrogen-bond acceptors (Lipinski definition) is 5. The third-order valence-corrected chi connectivity index (χ3v) is 6.29. The summed E-state index contributed by atoms with van der Waals surface area (Å²) in [5, 5.41) is 14.5. The van der Waals surface area contributed by atoms with Crippen LogP contribution in [0.15, 0.2) is 48.5 Å². The van der Waals surface area contributed by atoms with Crippen molar-refractivity contribution in [3.05, 3.63) is 59.7 Å². The van der Waals surface area contributed by atoms with Crippen LogP contribution in [0.1, 0.15) is 42.7 Å². The van der Waals surface area contributed by atoms with Crippen LogP contribution in [-0.2, 0) is 19.1 Å². The highest BCUT2D eigenvalue weighted by Gasteiger charge is 2.46. The largest absolute Gasteiger partial charge is 0.481 e. The normalized spacial score (nSPS) is 16.3. The van der Waals surface area contributed by atoms with Crippen LogP contribution in [0.2, 0.25) is 0 Å². The van der Waals surface area contributed by atoms with Crippen LogP contribution < -0.4 is 10.6 Å². The quantitative estimate of drug-likeness (QED) is 0.511. The molecule has 0 saturated heterocycles. The van der Waals surface area contributed by atoms with Gasteiger partial charge in [0.25, 0.3) is 0 Å². The molecule has 0 radical (unpaired) electrons. The number of carbonyl (C=O) groups is 3. The first kappa shape index (κ1) is 22.8. The predicted octanol–water partition coefficient (Wildman–Crippen LogP) is 3.05. The van der Waals surface area contributed by atoms with Gasteiger partial charge in [0.2, 0.25) is 5.91 Å². The van der Waals surface area contributed by atoms with E-state index in [0.29, 0.717) is 12.8 Å². The number of methoxy groups -OCH3 is 1. The topological polar surface area (TPSA) is 114 Å². The van der Waals surface area contributed by atoms with Gasteiger partial charge in [0.1, 0.15) is 12.6 Å². The monoisotopic (exact) mass is 452 g/mol. The lowest BCUT2D eigenvalue weighted by Crippen LogP contribution is -2.51. The molecule has 8 heteroatoms. The molecule has 4 rings (SSSR count). The fourth-order valence-corrected chi connectivity index (χ4v) is 4.42. The number of carboxylic acids is 1. The van der Waals surface area contributed by atoms with Crippen molar-refractivity contribution in [1.82, 2.24) is 10.6 Å². The molecule has 1 atom stereocenters. The Kier molecular flexibility index (Phi) is 6.65. The van der Waals surface area contributed by atoms with E-state index in [4.69, 9.17) is 14.6 Å². The number of ether oxygens (including phenoxy) is 2. The first-order valence-corrected chi connectivity index (χ1v) is 11.1. The highest BCUT2D eigenvalue weighted by atomic mass is 16.5. The van der Waals surface area contributed by atoms with E-state index in [1.165, 1.54) is 7.11 Å². The molecule has 1 saturated carbocycles. The summed E-state index contributed by atoms with van der Waals surface area (Å²) in [4.78, 5) is 36.5. The molecule has 0 aromatic heterocycles. The van der Waals surface area contributed by atoms with Crippen LogP contribution in [0, 0.1) is 0 Å². The van der Waals surface area contributed by atoms with E-state index < -0.39 is 29.6 Å². The second-order valence-corrected chi connectivity index (χ2v) is 8.64. The van der Waals surface area contributed by atoms with Crippen molar-refractivity contribution in [2.45, 2.75) is 43.2 Å². The van der Waals surface area contributed by atoms with Crippen LogP contribution >= 0.6 is 0 Å². The predicted molar refractivity (Wildman–Crippen MR) is 121 cm³/mol. The Morgan fingerprint density at radius 3 is 2.21 bits per heavy atom. The third kappa shape index (κ3) is 5.17. The number of hydrogen-bond donors (Lipinski definition) is 3. The van der Waals surface area contributed by atoms with Gasteiger partial charge in [0, 0.05) is 26.1 Å². The summed E-state index contributed by atoms with van der Waals surface area (Å²) in [6, 6.07) is 15.2. The lowest BCUT2D eigenvalue weighted by Gasteiger charge is -2.22. The van der Waals surface area contributed by atoms with E-state index in [1.807, 2.05) is 36.4 Å². The molecular weight excluding hydrogens is 424 g/mol. The van der Waals surface area contributed by atoms with Crippen LogP contribution in [0.5, 0.6) is 0 Å². The van der Waals surface area contributed by atoms with Gasteiger partial charge in [-0.25, -0.2) is 4.79 Å². The first-order chi connectivity index (χ1) is 15.9. The van der Waals surface area contributed by atoms with Gasteiger partial charge in [-0.3, -0.25) is 9.59 Å². The Balaban J connectivity index is 1.39. The fraction of sp³-hybridized carbons (Fsp3) is 0.400. The molecule has 8 nitrogen and oxygen atoms in total. The molecule has 2 aliphatic carbocycles. The number of nitrogens with one attached hydrogen (secondary N) is 2. The lowest BCUT2D eigenvalue weighted by molar-refractivity contribution is -0.138. The maximum absolute atomic E-state index is 12.8. The van der Waals surface area contributed by atoms with Crippen molar-refractivity contribution < 1.29 is 29.0 Å². The lowest BCUT2D eigenvalue weighted by atomic mass is 9.98. The summed E-state index contributed by atoms with van der Waals surface area (Å²) in [5.41, 5.74) is 3.74. The molecule has 2 amide bonds. The Hall–Kier alpha value is -3.39. The van der Waals surface area contributed by atoms with Gasteiger partial charge in [0.15, 0.2) is 0 Å². The van der Waals surface area contributed by atoms with E-state index in [9.17, 15) is 14.4 Å². The zero-order valence-electron chi connectivity index (χ0n) is 18.5. The van der Waals surface area contributed by atoms with Crippen molar-refractivity contribution in [2.24, 2.45) is 0 Å². The van der Waals surface area contributed by atoms with Gasteiger partial charge in [-0.1, -0.05) is 48.5 Å². The average molecular weight is 453 g/mol. The Morgan fingerprint density at radius 1 is 1.06 bits per heavy atom. The van der Waals surface area contributed by atoms with E-state index in [2.05, 4.69) is 22.8 Å². The van der Waals surface area contributed by atoms with Crippen molar-refractivity contribution in [3.8, 4) is 11.1 Å². The summed E-state index contributed by atoms with van der Waals surface area (Å²) < 4.78 is 10.6. The zero-order valence-corrected chi connectivity index (χ0v) is 18.5. The van der Waals surface area contributed by atoms with Gasteiger partial charge >= 0.3 is 12.1 Å². The number of rotatable bonds is 10. The number of carboxylic acid groups (broad SMARTS) is 1. The fourth-order valence-electron chi connectivity index (χ4n) is 4.42. The van der Waals surface area contributed by atoms with E-state index in [-0.39, 0.29) is 32.0 Å². The molecule has 0 heterocycles.